The maximum atomic E-state index is 6.43. The van der Waals surface area contributed by atoms with Crippen molar-refractivity contribution < 1.29 is 0 Å². The van der Waals surface area contributed by atoms with Gasteiger partial charge in [-0.25, -0.2) is 4.98 Å². The third-order valence-electron chi connectivity index (χ3n) is 6.13. The van der Waals surface area contributed by atoms with Crippen molar-refractivity contribution in [2.45, 2.75) is 51.5 Å². The second-order valence-corrected chi connectivity index (χ2v) is 8.62. The summed E-state index contributed by atoms with van der Waals surface area (Å²) in [6, 6.07) is 6.54. The summed E-state index contributed by atoms with van der Waals surface area (Å²) in [5, 5.41) is 4.35. The third-order valence-corrected chi connectivity index (χ3v) is 6.36. The number of allylic oxidation sites excluding steroid dienone is 4. The van der Waals surface area contributed by atoms with Crippen molar-refractivity contribution in [3.8, 4) is 0 Å². The Labute approximate surface area is 173 Å². The second-order valence-electron chi connectivity index (χ2n) is 8.18. The molecule has 2 aliphatic rings. The van der Waals surface area contributed by atoms with Crippen molar-refractivity contribution >= 4 is 17.2 Å². The van der Waals surface area contributed by atoms with Gasteiger partial charge >= 0.3 is 0 Å². The minimum absolute atomic E-state index is 0.495. The zero-order valence-corrected chi connectivity index (χ0v) is 17.5. The Hall–Kier alpha value is -1.84. The molecular formula is C24H30ClN3. The van der Waals surface area contributed by atoms with Gasteiger partial charge in [0.1, 0.15) is 0 Å². The summed E-state index contributed by atoms with van der Waals surface area (Å²) >= 11 is 6.43. The predicted molar refractivity (Wildman–Crippen MR) is 118 cm³/mol. The molecule has 0 spiro atoms. The average molecular weight is 396 g/mol. The molecule has 1 aliphatic carbocycles. The lowest BCUT2D eigenvalue weighted by molar-refractivity contribution is 0.346. The van der Waals surface area contributed by atoms with Crippen LogP contribution in [-0.2, 0) is 6.54 Å². The first-order valence-corrected chi connectivity index (χ1v) is 10.9. The molecule has 1 atom stereocenters. The Morgan fingerprint density at radius 3 is 2.86 bits per heavy atom. The second kappa shape index (κ2) is 9.11. The number of piperidine rings is 1. The van der Waals surface area contributed by atoms with Crippen LogP contribution >= 0.6 is 11.6 Å². The van der Waals surface area contributed by atoms with Crippen LogP contribution in [-0.4, -0.2) is 22.6 Å². The van der Waals surface area contributed by atoms with Crippen molar-refractivity contribution in [3.63, 3.8) is 0 Å². The average Bonchev–Trinajstić information content (AvgIpc) is 3.18. The van der Waals surface area contributed by atoms with Gasteiger partial charge in [-0.15, -0.1) is 0 Å². The molecule has 1 aromatic heterocycles. The predicted octanol–water partition coefficient (Wildman–Crippen LogP) is 5.83. The zero-order chi connectivity index (χ0) is 19.3. The SMILES string of the molecule is CC1=CC(C2CCNCC2)c2ccc(Cl)cc2C(CCCCn2ccnc2)=C1. The number of unbranched alkanes of at least 4 members (excludes halogenated alkanes) is 1. The number of aryl methyl sites for hydroxylation is 1. The minimum atomic E-state index is 0.495. The molecule has 1 saturated heterocycles. The van der Waals surface area contributed by atoms with Crippen LogP contribution in [0.25, 0.3) is 5.57 Å². The molecule has 0 saturated carbocycles. The van der Waals surface area contributed by atoms with Gasteiger partial charge in [-0.2, -0.15) is 0 Å². The fraction of sp³-hybridized carbons (Fsp3) is 0.458. The van der Waals surface area contributed by atoms with E-state index in [1.165, 1.54) is 41.5 Å². The lowest BCUT2D eigenvalue weighted by atomic mass is 9.78. The van der Waals surface area contributed by atoms with Crippen LogP contribution in [0.3, 0.4) is 0 Å². The van der Waals surface area contributed by atoms with Crippen LogP contribution in [0.15, 0.2) is 54.6 Å². The summed E-state index contributed by atoms with van der Waals surface area (Å²) < 4.78 is 2.16. The van der Waals surface area contributed by atoms with E-state index in [-0.39, 0.29) is 0 Å². The summed E-state index contributed by atoms with van der Waals surface area (Å²) in [4.78, 5) is 4.13. The highest BCUT2D eigenvalue weighted by molar-refractivity contribution is 6.30. The van der Waals surface area contributed by atoms with Crippen molar-refractivity contribution in [3.05, 3.63) is 70.8 Å². The summed E-state index contributed by atoms with van der Waals surface area (Å²) in [6.07, 6.45) is 16.6. The van der Waals surface area contributed by atoms with E-state index in [1.54, 1.807) is 0 Å². The van der Waals surface area contributed by atoms with Gasteiger partial charge in [-0.05, 0) is 86.9 Å². The van der Waals surface area contributed by atoms with E-state index in [1.807, 2.05) is 18.7 Å². The fourth-order valence-corrected chi connectivity index (χ4v) is 4.87. The Morgan fingerprint density at radius 1 is 1.21 bits per heavy atom. The van der Waals surface area contributed by atoms with Crippen molar-refractivity contribution in [2.24, 2.45) is 5.92 Å². The monoisotopic (exact) mass is 395 g/mol. The third kappa shape index (κ3) is 4.59. The number of nitrogens with one attached hydrogen (secondary N) is 1. The Kier molecular flexibility index (Phi) is 6.33. The highest BCUT2D eigenvalue weighted by Crippen LogP contribution is 2.41. The molecule has 1 aromatic carbocycles. The normalized spacial score (nSPS) is 20.3. The Morgan fingerprint density at radius 2 is 2.07 bits per heavy atom. The van der Waals surface area contributed by atoms with Crippen molar-refractivity contribution in [1.29, 1.82) is 0 Å². The van der Waals surface area contributed by atoms with Crippen LogP contribution < -0.4 is 5.32 Å². The van der Waals surface area contributed by atoms with Gasteiger partial charge in [-0.3, -0.25) is 0 Å². The number of imidazole rings is 1. The van der Waals surface area contributed by atoms with Gasteiger partial charge in [0.2, 0.25) is 0 Å². The van der Waals surface area contributed by atoms with Crippen LogP contribution in [0.2, 0.25) is 5.02 Å². The molecule has 0 radical (unpaired) electrons. The summed E-state index contributed by atoms with van der Waals surface area (Å²) in [6.45, 7) is 5.55. The lowest BCUT2D eigenvalue weighted by Crippen LogP contribution is -2.30. The molecule has 148 valence electrons. The van der Waals surface area contributed by atoms with E-state index in [0.717, 1.165) is 37.5 Å². The Bertz CT molecular complexity index is 845. The molecule has 3 nitrogen and oxygen atoms in total. The first kappa shape index (κ1) is 19.5. The number of hydrogen-bond donors (Lipinski definition) is 1. The summed E-state index contributed by atoms with van der Waals surface area (Å²) in [5.74, 6) is 1.21. The van der Waals surface area contributed by atoms with E-state index in [9.17, 15) is 0 Å². The molecule has 2 heterocycles. The lowest BCUT2D eigenvalue weighted by Gasteiger charge is -2.30. The highest BCUT2D eigenvalue weighted by atomic mass is 35.5. The number of aromatic nitrogens is 2. The summed E-state index contributed by atoms with van der Waals surface area (Å²) in [5.41, 5.74) is 5.66. The van der Waals surface area contributed by atoms with E-state index in [2.05, 4.69) is 52.1 Å². The van der Waals surface area contributed by atoms with Crippen LogP contribution in [0.5, 0.6) is 0 Å². The van der Waals surface area contributed by atoms with E-state index in [4.69, 9.17) is 11.6 Å². The summed E-state index contributed by atoms with van der Waals surface area (Å²) in [7, 11) is 0. The van der Waals surface area contributed by atoms with Crippen LogP contribution in [0, 0.1) is 5.92 Å². The number of halogens is 1. The molecule has 1 unspecified atom stereocenters. The highest BCUT2D eigenvalue weighted by Gasteiger charge is 2.27. The maximum absolute atomic E-state index is 6.43. The topological polar surface area (TPSA) is 29.9 Å². The number of benzene rings is 1. The van der Waals surface area contributed by atoms with E-state index < -0.39 is 0 Å². The minimum Gasteiger partial charge on any atom is -0.337 e. The fourth-order valence-electron chi connectivity index (χ4n) is 4.70. The number of nitrogens with zero attached hydrogens (tertiary/aromatic N) is 2. The molecule has 0 amide bonds. The Balaban J connectivity index is 1.54. The number of rotatable bonds is 6. The number of hydrogen-bond acceptors (Lipinski definition) is 2. The molecule has 0 bridgehead atoms. The molecule has 4 rings (SSSR count). The van der Waals surface area contributed by atoms with Crippen LogP contribution in [0.4, 0.5) is 0 Å². The molecule has 1 fully saturated rings. The van der Waals surface area contributed by atoms with Gasteiger partial charge in [0.15, 0.2) is 0 Å². The molecule has 2 aromatic rings. The van der Waals surface area contributed by atoms with Gasteiger partial charge in [-0.1, -0.05) is 35.4 Å². The van der Waals surface area contributed by atoms with Crippen molar-refractivity contribution in [2.75, 3.05) is 13.1 Å². The standard InChI is InChI=1S/C24H30ClN3/c1-18-14-20(4-2-3-12-28-13-11-27-17-28)24-16-21(25)5-6-22(24)23(15-18)19-7-9-26-10-8-19/h5-6,11,13-17,19,23,26H,2-4,7-10,12H2,1H3. The first-order chi connectivity index (χ1) is 13.7. The van der Waals surface area contributed by atoms with Gasteiger partial charge in [0.25, 0.3) is 0 Å². The largest absolute Gasteiger partial charge is 0.337 e. The van der Waals surface area contributed by atoms with E-state index in [0.29, 0.717) is 11.8 Å². The molecule has 1 aliphatic heterocycles. The molecule has 4 heteroatoms. The van der Waals surface area contributed by atoms with Gasteiger partial charge in [0, 0.05) is 29.9 Å². The van der Waals surface area contributed by atoms with Gasteiger partial charge in [0.05, 0.1) is 6.33 Å². The van der Waals surface area contributed by atoms with E-state index >= 15 is 0 Å². The zero-order valence-electron chi connectivity index (χ0n) is 16.7. The number of fused-ring (bicyclic) bond motifs is 1. The maximum Gasteiger partial charge on any atom is 0.0945 e. The molecule has 1 N–H and O–H groups in total. The molecular weight excluding hydrogens is 366 g/mol. The molecule has 28 heavy (non-hydrogen) atoms. The van der Waals surface area contributed by atoms with Crippen LogP contribution in [0.1, 0.15) is 56.1 Å². The van der Waals surface area contributed by atoms with Gasteiger partial charge < -0.3 is 9.88 Å². The quantitative estimate of drug-likeness (QED) is 0.623. The van der Waals surface area contributed by atoms with Crippen molar-refractivity contribution in [1.82, 2.24) is 14.9 Å². The smallest absolute Gasteiger partial charge is 0.0945 e. The first-order valence-electron chi connectivity index (χ1n) is 10.6.